The molecule has 5 heteroatoms. The fraction of sp³-hybridized carbons (Fsp3) is 0.625. The number of aliphatic hydroxyl groups is 1. The van der Waals surface area contributed by atoms with Gasteiger partial charge in [-0.05, 0) is 46.1 Å². The molecule has 0 heterocycles. The van der Waals surface area contributed by atoms with Gasteiger partial charge in [0, 0.05) is 31.2 Å². The maximum absolute atomic E-state index is 9.20. The second-order valence-corrected chi connectivity index (χ2v) is 6.37. The molecule has 1 aromatic carbocycles. The zero-order valence-corrected chi connectivity index (χ0v) is 14.8. The van der Waals surface area contributed by atoms with Crippen molar-refractivity contribution in [2.45, 2.75) is 20.4 Å². The van der Waals surface area contributed by atoms with Crippen molar-refractivity contribution >= 4 is 21.6 Å². The van der Waals surface area contributed by atoms with Gasteiger partial charge in [0.25, 0.3) is 0 Å². The van der Waals surface area contributed by atoms with Crippen LogP contribution in [0.1, 0.15) is 19.4 Å². The van der Waals surface area contributed by atoms with Crippen LogP contribution in [0.3, 0.4) is 0 Å². The SMILES string of the molecule is COCCN(CCO)c1ccc(CNCC(C)C)cc1Br. The van der Waals surface area contributed by atoms with Crippen LogP contribution in [0.15, 0.2) is 22.7 Å². The Bertz CT molecular complexity index is 413. The average Bonchev–Trinajstić information content (AvgIpc) is 2.43. The van der Waals surface area contributed by atoms with E-state index in [-0.39, 0.29) is 6.61 Å². The molecule has 0 atom stereocenters. The van der Waals surface area contributed by atoms with Crippen LogP contribution in [-0.2, 0) is 11.3 Å². The first kappa shape index (κ1) is 18.4. The van der Waals surface area contributed by atoms with Gasteiger partial charge in [-0.25, -0.2) is 0 Å². The summed E-state index contributed by atoms with van der Waals surface area (Å²) < 4.78 is 6.18. The molecule has 21 heavy (non-hydrogen) atoms. The topological polar surface area (TPSA) is 44.7 Å². The van der Waals surface area contributed by atoms with Crippen molar-refractivity contribution in [3.05, 3.63) is 28.2 Å². The van der Waals surface area contributed by atoms with E-state index in [1.165, 1.54) is 5.56 Å². The van der Waals surface area contributed by atoms with Crippen LogP contribution < -0.4 is 10.2 Å². The highest BCUT2D eigenvalue weighted by molar-refractivity contribution is 9.10. The molecule has 0 saturated heterocycles. The summed E-state index contributed by atoms with van der Waals surface area (Å²) in [6, 6.07) is 6.37. The predicted molar refractivity (Wildman–Crippen MR) is 91.9 cm³/mol. The summed E-state index contributed by atoms with van der Waals surface area (Å²) in [6.45, 7) is 8.44. The Labute approximate surface area is 136 Å². The predicted octanol–water partition coefficient (Wildman–Crippen LogP) is 2.64. The van der Waals surface area contributed by atoms with Crippen LogP contribution in [0.2, 0.25) is 0 Å². The zero-order valence-electron chi connectivity index (χ0n) is 13.2. The highest BCUT2D eigenvalue weighted by Crippen LogP contribution is 2.27. The lowest BCUT2D eigenvalue weighted by Gasteiger charge is -2.25. The van der Waals surface area contributed by atoms with Crippen molar-refractivity contribution in [2.75, 3.05) is 44.9 Å². The number of hydrogen-bond acceptors (Lipinski definition) is 4. The number of rotatable bonds is 10. The van der Waals surface area contributed by atoms with E-state index < -0.39 is 0 Å². The summed E-state index contributed by atoms with van der Waals surface area (Å²) in [5.74, 6) is 0.654. The molecule has 120 valence electrons. The lowest BCUT2D eigenvalue weighted by atomic mass is 10.1. The number of benzene rings is 1. The molecule has 2 N–H and O–H groups in total. The van der Waals surface area contributed by atoms with Crippen molar-refractivity contribution in [3.63, 3.8) is 0 Å². The van der Waals surface area contributed by atoms with Gasteiger partial charge in [-0.2, -0.15) is 0 Å². The molecule has 0 spiro atoms. The molecule has 1 aromatic rings. The molecule has 0 aliphatic rings. The standard InChI is InChI=1S/C16H27BrN2O2/c1-13(2)11-18-12-14-4-5-16(15(17)10-14)19(6-8-20)7-9-21-3/h4-5,10,13,18,20H,6-9,11-12H2,1-3H3. The average molecular weight is 359 g/mol. The minimum Gasteiger partial charge on any atom is -0.395 e. The minimum atomic E-state index is 0.133. The van der Waals surface area contributed by atoms with Crippen LogP contribution in [0.5, 0.6) is 0 Å². The molecule has 0 saturated carbocycles. The van der Waals surface area contributed by atoms with E-state index in [1.807, 2.05) is 0 Å². The summed E-state index contributed by atoms with van der Waals surface area (Å²) in [5.41, 5.74) is 2.34. The van der Waals surface area contributed by atoms with Crippen LogP contribution in [0.4, 0.5) is 5.69 Å². The van der Waals surface area contributed by atoms with E-state index in [1.54, 1.807) is 7.11 Å². The Balaban J connectivity index is 2.70. The second-order valence-electron chi connectivity index (χ2n) is 5.51. The normalized spacial score (nSPS) is 11.1. The van der Waals surface area contributed by atoms with Gasteiger partial charge in [0.1, 0.15) is 0 Å². The molecule has 4 nitrogen and oxygen atoms in total. The molecule has 0 radical (unpaired) electrons. The van der Waals surface area contributed by atoms with Crippen molar-refractivity contribution in [1.29, 1.82) is 0 Å². The first-order valence-electron chi connectivity index (χ1n) is 7.42. The third-order valence-electron chi connectivity index (χ3n) is 3.17. The number of nitrogens with one attached hydrogen (secondary N) is 1. The van der Waals surface area contributed by atoms with E-state index in [2.05, 4.69) is 58.2 Å². The summed E-state index contributed by atoms with van der Waals surface area (Å²) in [4.78, 5) is 2.12. The van der Waals surface area contributed by atoms with Gasteiger partial charge in [0.2, 0.25) is 0 Å². The third kappa shape index (κ3) is 6.78. The number of methoxy groups -OCH3 is 1. The maximum Gasteiger partial charge on any atom is 0.0637 e. The minimum absolute atomic E-state index is 0.133. The summed E-state index contributed by atoms with van der Waals surface area (Å²) in [6.07, 6.45) is 0. The number of hydrogen-bond donors (Lipinski definition) is 2. The Morgan fingerprint density at radius 1 is 1.33 bits per heavy atom. The Kier molecular flexibility index (Phi) is 8.92. The monoisotopic (exact) mass is 358 g/mol. The molecule has 1 rings (SSSR count). The van der Waals surface area contributed by atoms with Crippen molar-refractivity contribution in [1.82, 2.24) is 5.32 Å². The smallest absolute Gasteiger partial charge is 0.0637 e. The summed E-state index contributed by atoms with van der Waals surface area (Å²) in [7, 11) is 1.69. The van der Waals surface area contributed by atoms with Gasteiger partial charge < -0.3 is 20.1 Å². The zero-order chi connectivity index (χ0) is 15.7. The highest BCUT2D eigenvalue weighted by Gasteiger charge is 2.10. The van der Waals surface area contributed by atoms with E-state index in [0.29, 0.717) is 19.1 Å². The van der Waals surface area contributed by atoms with Gasteiger partial charge >= 0.3 is 0 Å². The van der Waals surface area contributed by atoms with E-state index >= 15 is 0 Å². The number of ether oxygens (including phenoxy) is 1. The summed E-state index contributed by atoms with van der Waals surface area (Å²) in [5, 5.41) is 12.6. The van der Waals surface area contributed by atoms with Crippen molar-refractivity contribution in [3.8, 4) is 0 Å². The summed E-state index contributed by atoms with van der Waals surface area (Å²) >= 11 is 3.64. The van der Waals surface area contributed by atoms with Crippen LogP contribution in [-0.4, -0.2) is 45.1 Å². The lowest BCUT2D eigenvalue weighted by molar-refractivity contribution is 0.203. The Morgan fingerprint density at radius 3 is 2.67 bits per heavy atom. The van der Waals surface area contributed by atoms with Crippen molar-refractivity contribution < 1.29 is 9.84 Å². The van der Waals surface area contributed by atoms with Crippen LogP contribution in [0.25, 0.3) is 0 Å². The number of nitrogens with zero attached hydrogens (tertiary/aromatic N) is 1. The van der Waals surface area contributed by atoms with Crippen molar-refractivity contribution in [2.24, 2.45) is 5.92 Å². The van der Waals surface area contributed by atoms with E-state index in [9.17, 15) is 5.11 Å². The van der Waals surface area contributed by atoms with Gasteiger partial charge in [-0.1, -0.05) is 19.9 Å². The first-order chi connectivity index (χ1) is 10.1. The van der Waals surface area contributed by atoms with Crippen LogP contribution in [0, 0.1) is 5.92 Å². The molecule has 0 amide bonds. The Morgan fingerprint density at radius 2 is 2.10 bits per heavy atom. The van der Waals surface area contributed by atoms with Gasteiger partial charge in [0.15, 0.2) is 0 Å². The fourth-order valence-corrected chi connectivity index (χ4v) is 2.77. The highest BCUT2D eigenvalue weighted by atomic mass is 79.9. The van der Waals surface area contributed by atoms with Crippen LogP contribution >= 0.6 is 15.9 Å². The fourth-order valence-electron chi connectivity index (χ4n) is 2.10. The van der Waals surface area contributed by atoms with E-state index in [4.69, 9.17) is 4.74 Å². The molecule has 0 fully saturated rings. The molecule has 0 bridgehead atoms. The molecular weight excluding hydrogens is 332 g/mol. The third-order valence-corrected chi connectivity index (χ3v) is 3.80. The number of anilines is 1. The second kappa shape index (κ2) is 10.2. The van der Waals surface area contributed by atoms with Gasteiger partial charge in [-0.15, -0.1) is 0 Å². The first-order valence-corrected chi connectivity index (χ1v) is 8.21. The largest absolute Gasteiger partial charge is 0.395 e. The van der Waals surface area contributed by atoms with Gasteiger partial charge in [-0.3, -0.25) is 0 Å². The molecule has 0 aliphatic heterocycles. The lowest BCUT2D eigenvalue weighted by Crippen LogP contribution is -2.30. The Hall–Kier alpha value is -0.620. The maximum atomic E-state index is 9.20. The molecule has 0 aliphatic carbocycles. The molecular formula is C16H27BrN2O2. The number of aliphatic hydroxyl groups excluding tert-OH is 1. The van der Waals surface area contributed by atoms with Gasteiger partial charge in [0.05, 0.1) is 18.9 Å². The molecule has 0 unspecified atom stereocenters. The molecule has 0 aromatic heterocycles. The quantitative estimate of drug-likeness (QED) is 0.674. The number of halogens is 1. The van der Waals surface area contributed by atoms with E-state index in [0.717, 1.165) is 29.8 Å².